The summed E-state index contributed by atoms with van der Waals surface area (Å²) in [5.74, 6) is -0.0926. The molecule has 21 heavy (non-hydrogen) atoms. The molecule has 2 rings (SSSR count). The molecule has 2 N–H and O–H groups in total. The summed E-state index contributed by atoms with van der Waals surface area (Å²) in [7, 11) is 1.91. The van der Waals surface area contributed by atoms with E-state index in [4.69, 9.17) is 0 Å². The van der Waals surface area contributed by atoms with E-state index in [0.29, 0.717) is 5.56 Å². The van der Waals surface area contributed by atoms with Crippen molar-refractivity contribution in [1.82, 2.24) is 15.1 Å². The highest BCUT2D eigenvalue weighted by Crippen LogP contribution is 2.14. The fraction of sp³-hybridized carbons (Fsp3) is 0.375. The van der Waals surface area contributed by atoms with E-state index < -0.39 is 0 Å². The van der Waals surface area contributed by atoms with Gasteiger partial charge in [-0.3, -0.25) is 9.48 Å². The average molecular weight is 286 g/mol. The molecule has 0 aliphatic rings. The molecule has 0 aliphatic carbocycles. The van der Waals surface area contributed by atoms with Gasteiger partial charge in [0, 0.05) is 17.8 Å². The van der Waals surface area contributed by atoms with Crippen molar-refractivity contribution in [3.8, 4) is 0 Å². The summed E-state index contributed by atoms with van der Waals surface area (Å²) >= 11 is 0. The molecular weight excluding hydrogens is 264 g/mol. The molecule has 1 heterocycles. The van der Waals surface area contributed by atoms with E-state index >= 15 is 0 Å². The average Bonchev–Trinajstić information content (AvgIpc) is 2.94. The van der Waals surface area contributed by atoms with Gasteiger partial charge in [-0.15, -0.1) is 0 Å². The largest absolute Gasteiger partial charge is 0.319 e. The van der Waals surface area contributed by atoms with Crippen LogP contribution < -0.4 is 10.6 Å². The van der Waals surface area contributed by atoms with Gasteiger partial charge < -0.3 is 10.6 Å². The van der Waals surface area contributed by atoms with Gasteiger partial charge in [-0.2, -0.15) is 5.10 Å². The molecule has 2 aromatic rings. The van der Waals surface area contributed by atoms with Crippen molar-refractivity contribution in [3.63, 3.8) is 0 Å². The van der Waals surface area contributed by atoms with Crippen LogP contribution in [0.2, 0.25) is 0 Å². The van der Waals surface area contributed by atoms with Crippen LogP contribution in [0, 0.1) is 0 Å². The smallest absolute Gasteiger partial charge is 0.256 e. The second kappa shape index (κ2) is 7.04. The SMILES string of the molecule is CNCCc1ccccc1C(=O)Nc1cnn(C(C)C)c1. The number of likely N-dealkylation sites (N-methyl/N-ethyl adjacent to an activating group) is 1. The Balaban J connectivity index is 2.12. The molecule has 1 amide bonds. The van der Waals surface area contributed by atoms with Crippen molar-refractivity contribution in [3.05, 3.63) is 47.8 Å². The molecule has 0 saturated heterocycles. The van der Waals surface area contributed by atoms with Gasteiger partial charge in [0.15, 0.2) is 0 Å². The first-order valence-electron chi connectivity index (χ1n) is 7.20. The van der Waals surface area contributed by atoms with Crippen LogP contribution in [0.5, 0.6) is 0 Å². The predicted molar refractivity (Wildman–Crippen MR) is 84.6 cm³/mol. The fourth-order valence-electron chi connectivity index (χ4n) is 2.10. The van der Waals surface area contributed by atoms with Crippen LogP contribution in [0.15, 0.2) is 36.7 Å². The Hall–Kier alpha value is -2.14. The van der Waals surface area contributed by atoms with Crippen LogP contribution in [-0.4, -0.2) is 29.3 Å². The van der Waals surface area contributed by atoms with E-state index in [0.717, 1.165) is 24.2 Å². The van der Waals surface area contributed by atoms with Gasteiger partial charge in [-0.1, -0.05) is 18.2 Å². The Morgan fingerprint density at radius 3 is 2.76 bits per heavy atom. The van der Waals surface area contributed by atoms with Gasteiger partial charge in [0.05, 0.1) is 11.9 Å². The number of benzene rings is 1. The minimum Gasteiger partial charge on any atom is -0.319 e. The van der Waals surface area contributed by atoms with Crippen LogP contribution in [0.3, 0.4) is 0 Å². The van der Waals surface area contributed by atoms with E-state index in [1.54, 1.807) is 6.20 Å². The summed E-state index contributed by atoms with van der Waals surface area (Å²) in [5.41, 5.74) is 2.47. The molecule has 0 bridgehead atoms. The van der Waals surface area contributed by atoms with Gasteiger partial charge in [0.2, 0.25) is 0 Å². The lowest BCUT2D eigenvalue weighted by Crippen LogP contribution is -2.17. The zero-order valence-corrected chi connectivity index (χ0v) is 12.8. The highest BCUT2D eigenvalue weighted by atomic mass is 16.1. The molecule has 1 aromatic heterocycles. The van der Waals surface area contributed by atoms with E-state index in [2.05, 4.69) is 15.7 Å². The predicted octanol–water partition coefficient (Wildman–Crippen LogP) is 2.48. The molecule has 112 valence electrons. The first-order valence-corrected chi connectivity index (χ1v) is 7.20. The topological polar surface area (TPSA) is 59.0 Å². The Bertz CT molecular complexity index is 604. The summed E-state index contributed by atoms with van der Waals surface area (Å²) in [4.78, 5) is 12.4. The van der Waals surface area contributed by atoms with Gasteiger partial charge in [-0.25, -0.2) is 0 Å². The summed E-state index contributed by atoms with van der Waals surface area (Å²) in [6.07, 6.45) is 4.35. The third kappa shape index (κ3) is 3.92. The van der Waals surface area contributed by atoms with E-state index in [1.165, 1.54) is 0 Å². The summed E-state index contributed by atoms with van der Waals surface area (Å²) in [5, 5.41) is 10.2. The maximum absolute atomic E-state index is 12.4. The zero-order chi connectivity index (χ0) is 15.2. The van der Waals surface area contributed by atoms with E-state index in [-0.39, 0.29) is 11.9 Å². The van der Waals surface area contributed by atoms with E-state index in [1.807, 2.05) is 56.0 Å². The first-order chi connectivity index (χ1) is 10.1. The van der Waals surface area contributed by atoms with Gasteiger partial charge in [0.25, 0.3) is 5.91 Å². The molecule has 0 spiro atoms. The minimum atomic E-state index is -0.0926. The minimum absolute atomic E-state index is 0.0926. The Labute approximate surface area is 125 Å². The van der Waals surface area contributed by atoms with Crippen molar-refractivity contribution in [2.75, 3.05) is 18.9 Å². The third-order valence-corrected chi connectivity index (χ3v) is 3.29. The number of amides is 1. The monoisotopic (exact) mass is 286 g/mol. The van der Waals surface area contributed by atoms with Crippen LogP contribution in [0.25, 0.3) is 0 Å². The van der Waals surface area contributed by atoms with Gasteiger partial charge in [-0.05, 0) is 45.5 Å². The number of hydrogen-bond acceptors (Lipinski definition) is 3. The van der Waals surface area contributed by atoms with Crippen molar-refractivity contribution >= 4 is 11.6 Å². The maximum atomic E-state index is 12.4. The summed E-state index contributed by atoms with van der Waals surface area (Å²) in [6, 6.07) is 7.96. The third-order valence-electron chi connectivity index (χ3n) is 3.29. The van der Waals surface area contributed by atoms with Gasteiger partial charge >= 0.3 is 0 Å². The number of carbonyl (C=O) groups is 1. The number of carbonyl (C=O) groups excluding carboxylic acids is 1. The number of nitrogens with zero attached hydrogens (tertiary/aromatic N) is 2. The molecule has 5 nitrogen and oxygen atoms in total. The van der Waals surface area contributed by atoms with Gasteiger partial charge in [0.1, 0.15) is 0 Å². The lowest BCUT2D eigenvalue weighted by Gasteiger charge is -2.09. The number of rotatable bonds is 6. The molecule has 0 fully saturated rings. The molecule has 0 unspecified atom stereocenters. The highest BCUT2D eigenvalue weighted by Gasteiger charge is 2.12. The fourth-order valence-corrected chi connectivity index (χ4v) is 2.10. The van der Waals surface area contributed by atoms with Crippen LogP contribution in [0.1, 0.15) is 35.8 Å². The molecule has 0 radical (unpaired) electrons. The molecule has 1 aromatic carbocycles. The van der Waals surface area contributed by atoms with Crippen molar-refractivity contribution in [2.24, 2.45) is 0 Å². The Morgan fingerprint density at radius 1 is 1.33 bits per heavy atom. The number of nitrogens with one attached hydrogen (secondary N) is 2. The van der Waals surface area contributed by atoms with E-state index in [9.17, 15) is 4.79 Å². The van der Waals surface area contributed by atoms with Crippen molar-refractivity contribution in [2.45, 2.75) is 26.3 Å². The molecule has 0 saturated carbocycles. The summed E-state index contributed by atoms with van der Waals surface area (Å²) < 4.78 is 1.82. The molecular formula is C16H22N4O. The molecule has 0 atom stereocenters. The maximum Gasteiger partial charge on any atom is 0.256 e. The highest BCUT2D eigenvalue weighted by molar-refractivity contribution is 6.05. The number of aromatic nitrogens is 2. The summed E-state index contributed by atoms with van der Waals surface area (Å²) in [6.45, 7) is 4.94. The van der Waals surface area contributed by atoms with Crippen molar-refractivity contribution in [1.29, 1.82) is 0 Å². The lowest BCUT2D eigenvalue weighted by atomic mass is 10.0. The van der Waals surface area contributed by atoms with Crippen LogP contribution in [-0.2, 0) is 6.42 Å². The normalized spacial score (nSPS) is 10.9. The first kappa shape index (κ1) is 15.3. The second-order valence-corrected chi connectivity index (χ2v) is 5.27. The lowest BCUT2D eigenvalue weighted by molar-refractivity contribution is 0.102. The standard InChI is InChI=1S/C16H22N4O/c1-12(2)20-11-14(10-18-20)19-16(21)15-7-5-4-6-13(15)8-9-17-3/h4-7,10-12,17H,8-9H2,1-3H3,(H,19,21). The second-order valence-electron chi connectivity index (χ2n) is 5.27. The van der Waals surface area contributed by atoms with Crippen LogP contribution in [0.4, 0.5) is 5.69 Å². The number of anilines is 1. The quantitative estimate of drug-likeness (QED) is 0.857. The number of hydrogen-bond donors (Lipinski definition) is 2. The van der Waals surface area contributed by atoms with Crippen LogP contribution >= 0.6 is 0 Å². The molecule has 0 aliphatic heterocycles. The molecule has 5 heteroatoms. The Morgan fingerprint density at radius 2 is 2.10 bits per heavy atom. The Kier molecular flexibility index (Phi) is 5.11. The van der Waals surface area contributed by atoms with Crippen molar-refractivity contribution < 1.29 is 4.79 Å². The zero-order valence-electron chi connectivity index (χ0n) is 12.8.